The monoisotopic (exact) mass is 506 g/mol. The second kappa shape index (κ2) is 11.8. The van der Waals surface area contributed by atoms with E-state index in [1.54, 1.807) is 4.90 Å². The minimum absolute atomic E-state index is 0.0187. The fraction of sp³-hybridized carbons (Fsp3) is 0.273. The molecule has 1 amide bonds. The summed E-state index contributed by atoms with van der Waals surface area (Å²) in [6.07, 6.45) is -4.09. The molecule has 3 N–H and O–H groups in total. The smallest absolute Gasteiger partial charge is 0.486 e. The normalized spacial score (nSPS) is 13.5. The first-order valence-corrected chi connectivity index (χ1v) is 10.1. The molecule has 0 spiro atoms. The maximum Gasteiger partial charge on any atom is 0.490 e. The van der Waals surface area contributed by atoms with E-state index in [0.717, 1.165) is 17.2 Å². The average Bonchev–Trinajstić information content (AvgIpc) is 2.79. The predicted octanol–water partition coefficient (Wildman–Crippen LogP) is 4.50. The van der Waals surface area contributed by atoms with Crippen molar-refractivity contribution in [3.8, 4) is 5.75 Å². The molecule has 6 nitrogen and oxygen atoms in total. The molecular weight excluding hydrogens is 487 g/mol. The Morgan fingerprint density at radius 3 is 2.47 bits per heavy atom. The summed E-state index contributed by atoms with van der Waals surface area (Å²) in [5.74, 6) is -3.77. The van der Waals surface area contributed by atoms with E-state index in [1.165, 1.54) is 12.1 Å². The molecule has 0 aromatic heterocycles. The summed E-state index contributed by atoms with van der Waals surface area (Å²) in [4.78, 5) is 23.3. The number of carboxylic acid groups (broad SMARTS) is 1. The summed E-state index contributed by atoms with van der Waals surface area (Å²) in [7, 11) is 0. The molecule has 0 bridgehead atoms. The lowest BCUT2D eigenvalue weighted by atomic mass is 9.99. The van der Waals surface area contributed by atoms with Gasteiger partial charge in [0, 0.05) is 35.8 Å². The topological polar surface area (TPSA) is 92.9 Å². The number of amides is 1. The van der Waals surface area contributed by atoms with E-state index < -0.39 is 18.0 Å². The van der Waals surface area contributed by atoms with Crippen LogP contribution in [0.4, 0.5) is 22.0 Å². The van der Waals surface area contributed by atoms with E-state index >= 15 is 0 Å². The van der Waals surface area contributed by atoms with Crippen LogP contribution in [0.1, 0.15) is 21.5 Å². The van der Waals surface area contributed by atoms with Crippen LogP contribution in [0.5, 0.6) is 5.75 Å². The highest BCUT2D eigenvalue weighted by molar-refractivity contribution is 6.31. The molecular formula is C22H20ClF5N2O4. The standard InChI is InChI=1S/C20H19ClF2N2O2.C2HF3O2/c21-17-3-1-2-15-11-25(7-6-16(15)17)20(26)14-4-5-19(18(23)8-14)27-12-13(9-22)10-24;3-2(4,5)1(6)7/h1-5,8-9H,6-7,10-12,24H2;(H,6,7). The zero-order valence-electron chi connectivity index (χ0n) is 17.5. The lowest BCUT2D eigenvalue weighted by Crippen LogP contribution is -2.36. The number of carboxylic acids is 1. The van der Waals surface area contributed by atoms with Crippen LogP contribution in [0.2, 0.25) is 5.02 Å². The summed E-state index contributed by atoms with van der Waals surface area (Å²) in [5, 5.41) is 7.83. The molecule has 1 aliphatic rings. The lowest BCUT2D eigenvalue weighted by molar-refractivity contribution is -0.192. The first-order valence-electron chi connectivity index (χ1n) is 9.74. The SMILES string of the molecule is NCC(=CF)COc1ccc(C(=O)N2CCc3c(Cl)cccc3C2)cc1F.O=C(O)C(F)(F)F. The number of ether oxygens (including phenoxy) is 1. The Bertz CT molecular complexity index is 1080. The molecule has 3 rings (SSSR count). The Labute approximate surface area is 196 Å². The average molecular weight is 507 g/mol. The minimum Gasteiger partial charge on any atom is -0.486 e. The molecule has 1 aliphatic heterocycles. The number of carbonyl (C=O) groups is 2. The summed E-state index contributed by atoms with van der Waals surface area (Å²) in [6, 6.07) is 9.61. The van der Waals surface area contributed by atoms with Crippen LogP contribution in [0, 0.1) is 5.82 Å². The van der Waals surface area contributed by atoms with Crippen molar-refractivity contribution in [1.29, 1.82) is 0 Å². The summed E-state index contributed by atoms with van der Waals surface area (Å²) in [5.41, 5.74) is 7.82. The van der Waals surface area contributed by atoms with Gasteiger partial charge in [-0.3, -0.25) is 4.79 Å². The molecule has 0 saturated heterocycles. The molecule has 34 heavy (non-hydrogen) atoms. The summed E-state index contributed by atoms with van der Waals surface area (Å²) >= 11 is 6.20. The van der Waals surface area contributed by atoms with Crippen LogP contribution in [-0.4, -0.2) is 47.8 Å². The van der Waals surface area contributed by atoms with Crippen molar-refractivity contribution < 1.29 is 41.4 Å². The second-order valence-electron chi connectivity index (χ2n) is 7.06. The summed E-state index contributed by atoms with van der Waals surface area (Å²) in [6.45, 7) is 0.766. The third kappa shape index (κ3) is 7.16. The number of carbonyl (C=O) groups excluding carboxylic acids is 1. The van der Waals surface area contributed by atoms with Gasteiger partial charge >= 0.3 is 12.1 Å². The third-order valence-corrected chi connectivity index (χ3v) is 5.10. The largest absolute Gasteiger partial charge is 0.490 e. The molecule has 12 heteroatoms. The van der Waals surface area contributed by atoms with Crippen LogP contribution >= 0.6 is 11.6 Å². The molecule has 0 saturated carbocycles. The predicted molar refractivity (Wildman–Crippen MR) is 114 cm³/mol. The van der Waals surface area contributed by atoms with Gasteiger partial charge in [0.2, 0.25) is 0 Å². The van der Waals surface area contributed by atoms with Crippen LogP contribution in [0.25, 0.3) is 0 Å². The second-order valence-corrected chi connectivity index (χ2v) is 7.47. The zero-order chi connectivity index (χ0) is 25.5. The number of nitrogens with two attached hydrogens (primary N) is 1. The van der Waals surface area contributed by atoms with Crippen molar-refractivity contribution in [2.75, 3.05) is 19.7 Å². The maximum atomic E-state index is 14.3. The van der Waals surface area contributed by atoms with Crippen molar-refractivity contribution in [2.24, 2.45) is 5.73 Å². The molecule has 0 atom stereocenters. The number of aliphatic carboxylic acids is 1. The van der Waals surface area contributed by atoms with Crippen molar-refractivity contribution in [3.63, 3.8) is 0 Å². The van der Waals surface area contributed by atoms with Gasteiger partial charge in [0.15, 0.2) is 11.6 Å². The Morgan fingerprint density at radius 2 is 1.91 bits per heavy atom. The zero-order valence-corrected chi connectivity index (χ0v) is 18.3. The number of rotatable bonds is 5. The van der Waals surface area contributed by atoms with Crippen LogP contribution in [0.15, 0.2) is 48.3 Å². The van der Waals surface area contributed by atoms with Crippen molar-refractivity contribution in [1.82, 2.24) is 4.90 Å². The minimum atomic E-state index is -5.08. The van der Waals surface area contributed by atoms with E-state index in [1.807, 2.05) is 18.2 Å². The fourth-order valence-corrected chi connectivity index (χ4v) is 3.26. The van der Waals surface area contributed by atoms with Gasteiger partial charge in [0.25, 0.3) is 5.91 Å². The Hall–Kier alpha value is -3.18. The first kappa shape index (κ1) is 27.1. The molecule has 184 valence electrons. The Balaban J connectivity index is 0.000000509. The molecule has 0 fully saturated rings. The number of benzene rings is 2. The molecule has 0 radical (unpaired) electrons. The highest BCUT2D eigenvalue weighted by atomic mass is 35.5. The maximum absolute atomic E-state index is 14.3. The van der Waals surface area contributed by atoms with Gasteiger partial charge in [-0.05, 0) is 41.8 Å². The lowest BCUT2D eigenvalue weighted by Gasteiger charge is -2.29. The van der Waals surface area contributed by atoms with Crippen LogP contribution < -0.4 is 10.5 Å². The van der Waals surface area contributed by atoms with Crippen molar-refractivity contribution in [2.45, 2.75) is 19.1 Å². The van der Waals surface area contributed by atoms with E-state index in [0.29, 0.717) is 30.9 Å². The number of alkyl halides is 3. The first-order chi connectivity index (χ1) is 16.0. The van der Waals surface area contributed by atoms with Crippen LogP contribution in [0.3, 0.4) is 0 Å². The Morgan fingerprint density at radius 1 is 1.24 bits per heavy atom. The molecule has 0 aliphatic carbocycles. The highest BCUT2D eigenvalue weighted by Crippen LogP contribution is 2.27. The quantitative estimate of drug-likeness (QED) is 0.582. The van der Waals surface area contributed by atoms with Gasteiger partial charge in [-0.2, -0.15) is 13.2 Å². The summed E-state index contributed by atoms with van der Waals surface area (Å²) < 4.78 is 63.7. The Kier molecular flexibility index (Phi) is 9.39. The van der Waals surface area contributed by atoms with E-state index in [4.69, 9.17) is 32.0 Å². The third-order valence-electron chi connectivity index (χ3n) is 4.75. The van der Waals surface area contributed by atoms with E-state index in [2.05, 4.69) is 0 Å². The number of hydrogen-bond donors (Lipinski definition) is 2. The van der Waals surface area contributed by atoms with Gasteiger partial charge in [0.05, 0.1) is 6.33 Å². The molecule has 1 heterocycles. The molecule has 0 unspecified atom stereocenters. The number of fused-ring (bicyclic) bond motifs is 1. The molecule has 2 aromatic carbocycles. The van der Waals surface area contributed by atoms with Crippen molar-refractivity contribution >= 4 is 23.5 Å². The van der Waals surface area contributed by atoms with Gasteiger partial charge in [-0.15, -0.1) is 0 Å². The van der Waals surface area contributed by atoms with Gasteiger partial charge < -0.3 is 20.5 Å². The van der Waals surface area contributed by atoms with Crippen molar-refractivity contribution in [3.05, 3.63) is 75.8 Å². The van der Waals surface area contributed by atoms with Crippen LogP contribution in [-0.2, 0) is 17.8 Å². The van der Waals surface area contributed by atoms with Gasteiger partial charge in [0.1, 0.15) is 6.61 Å². The number of hydrogen-bond acceptors (Lipinski definition) is 4. The van der Waals surface area contributed by atoms with E-state index in [9.17, 15) is 26.7 Å². The number of halogens is 6. The highest BCUT2D eigenvalue weighted by Gasteiger charge is 2.38. The van der Waals surface area contributed by atoms with Gasteiger partial charge in [-0.1, -0.05) is 23.7 Å². The number of nitrogens with zero attached hydrogens (tertiary/aromatic N) is 1. The molecule has 2 aromatic rings. The fourth-order valence-electron chi connectivity index (χ4n) is 2.98. The van der Waals surface area contributed by atoms with Gasteiger partial charge in [-0.25, -0.2) is 13.6 Å². The van der Waals surface area contributed by atoms with E-state index in [-0.39, 0.29) is 35.9 Å².